The van der Waals surface area contributed by atoms with Gasteiger partial charge in [0.25, 0.3) is 5.56 Å². The Morgan fingerprint density at radius 2 is 1.86 bits per heavy atom. The number of benzene rings is 2. The van der Waals surface area contributed by atoms with E-state index in [0.717, 1.165) is 24.8 Å². The van der Waals surface area contributed by atoms with E-state index in [9.17, 15) is 4.79 Å². The van der Waals surface area contributed by atoms with Gasteiger partial charge < -0.3 is 14.5 Å². The van der Waals surface area contributed by atoms with Gasteiger partial charge in [0.1, 0.15) is 6.04 Å². The Bertz CT molecular complexity index is 1410. The third kappa shape index (κ3) is 4.24. The summed E-state index contributed by atoms with van der Waals surface area (Å²) in [6.45, 7) is 3.67. The molecule has 1 aliphatic heterocycles. The second kappa shape index (κ2) is 9.73. The van der Waals surface area contributed by atoms with Gasteiger partial charge in [-0.05, 0) is 47.5 Å². The standard InChI is InChI=1S/C27H30N6O3/c1-2-32(16-18-9-5-3-6-10-18)25(26-29-30-31-33(26)20-11-7-4-8-12-20)21-13-19-14-23-24(36-17-35-23)15-22(19)28-27(21)34/h3,5-6,9-10,13-15,20,25H,2,4,7-8,11-12,16-17H2,1H3,(H,28,34)/t25-/m0/s1. The zero-order chi connectivity index (χ0) is 24.5. The first-order valence-corrected chi connectivity index (χ1v) is 12.7. The minimum absolute atomic E-state index is 0.156. The Labute approximate surface area is 209 Å². The third-order valence-electron chi connectivity index (χ3n) is 7.34. The average Bonchev–Trinajstić information content (AvgIpc) is 3.58. The molecule has 1 fully saturated rings. The molecule has 2 aliphatic rings. The summed E-state index contributed by atoms with van der Waals surface area (Å²) in [5.74, 6) is 2.04. The van der Waals surface area contributed by atoms with Crippen LogP contribution in [-0.4, -0.2) is 43.4 Å². The molecule has 9 nitrogen and oxygen atoms in total. The molecule has 0 amide bonds. The lowest BCUT2D eigenvalue weighted by atomic mass is 9.95. The Morgan fingerprint density at radius 1 is 1.08 bits per heavy atom. The van der Waals surface area contributed by atoms with E-state index < -0.39 is 6.04 Å². The highest BCUT2D eigenvalue weighted by Gasteiger charge is 2.32. The molecule has 186 valence electrons. The van der Waals surface area contributed by atoms with Gasteiger partial charge in [-0.2, -0.15) is 0 Å². The molecule has 0 radical (unpaired) electrons. The second-order valence-electron chi connectivity index (χ2n) is 9.57. The smallest absolute Gasteiger partial charge is 0.253 e. The fourth-order valence-electron chi connectivity index (χ4n) is 5.48. The average molecular weight is 487 g/mol. The summed E-state index contributed by atoms with van der Waals surface area (Å²) in [7, 11) is 0. The predicted octanol–water partition coefficient (Wildman–Crippen LogP) is 4.36. The van der Waals surface area contributed by atoms with Crippen LogP contribution in [0.1, 0.15) is 68.1 Å². The fourth-order valence-corrected chi connectivity index (χ4v) is 5.48. The van der Waals surface area contributed by atoms with Gasteiger partial charge in [0, 0.05) is 23.6 Å². The maximum Gasteiger partial charge on any atom is 0.253 e. The Morgan fingerprint density at radius 3 is 2.64 bits per heavy atom. The van der Waals surface area contributed by atoms with E-state index in [0.29, 0.717) is 34.9 Å². The summed E-state index contributed by atoms with van der Waals surface area (Å²) in [6.07, 6.45) is 5.67. The van der Waals surface area contributed by atoms with Gasteiger partial charge in [-0.1, -0.05) is 56.5 Å². The van der Waals surface area contributed by atoms with Gasteiger partial charge in [0.2, 0.25) is 6.79 Å². The van der Waals surface area contributed by atoms with Crippen LogP contribution in [-0.2, 0) is 6.54 Å². The first kappa shape index (κ1) is 22.7. The molecule has 3 heterocycles. The zero-order valence-corrected chi connectivity index (χ0v) is 20.4. The van der Waals surface area contributed by atoms with E-state index >= 15 is 0 Å². The van der Waals surface area contributed by atoms with Crippen LogP contribution in [0.2, 0.25) is 0 Å². The summed E-state index contributed by atoms with van der Waals surface area (Å²) in [6, 6.07) is 15.8. The van der Waals surface area contributed by atoms with Crippen molar-refractivity contribution in [1.82, 2.24) is 30.1 Å². The molecule has 36 heavy (non-hydrogen) atoms. The Hall–Kier alpha value is -3.72. The van der Waals surface area contributed by atoms with E-state index in [-0.39, 0.29) is 18.4 Å². The first-order valence-electron chi connectivity index (χ1n) is 12.7. The van der Waals surface area contributed by atoms with Gasteiger partial charge in [-0.25, -0.2) is 4.68 Å². The van der Waals surface area contributed by atoms with Crippen molar-refractivity contribution in [3.8, 4) is 11.5 Å². The zero-order valence-electron chi connectivity index (χ0n) is 20.4. The van der Waals surface area contributed by atoms with Gasteiger partial charge in [0.05, 0.1) is 11.6 Å². The van der Waals surface area contributed by atoms with Crippen molar-refractivity contribution in [3.63, 3.8) is 0 Å². The maximum atomic E-state index is 13.6. The van der Waals surface area contributed by atoms with Crippen molar-refractivity contribution in [3.05, 3.63) is 75.8 Å². The van der Waals surface area contributed by atoms with Crippen LogP contribution >= 0.6 is 0 Å². The number of pyridine rings is 1. The Balaban J connectivity index is 1.49. The molecule has 1 atom stereocenters. The SMILES string of the molecule is CCN(Cc1ccccc1)[C@@H](c1cc2cc3c(cc2[nH]c1=O)OCO3)c1nnnn1C1CCCCC1. The fraction of sp³-hybridized carbons (Fsp3) is 0.407. The van der Waals surface area contributed by atoms with Gasteiger partial charge >= 0.3 is 0 Å². The quantitative estimate of drug-likeness (QED) is 0.414. The third-order valence-corrected chi connectivity index (χ3v) is 7.34. The maximum absolute atomic E-state index is 13.6. The lowest BCUT2D eigenvalue weighted by Crippen LogP contribution is -2.35. The lowest BCUT2D eigenvalue weighted by molar-refractivity contribution is 0.174. The van der Waals surface area contributed by atoms with Crippen molar-refractivity contribution in [1.29, 1.82) is 0 Å². The molecule has 0 bridgehead atoms. The Kier molecular flexibility index (Phi) is 6.14. The van der Waals surface area contributed by atoms with E-state index in [1.807, 2.05) is 41.1 Å². The number of aromatic amines is 1. The summed E-state index contributed by atoms with van der Waals surface area (Å²) >= 11 is 0. The number of H-pyrrole nitrogens is 1. The van der Waals surface area contributed by atoms with Crippen molar-refractivity contribution in [2.24, 2.45) is 0 Å². The van der Waals surface area contributed by atoms with Crippen molar-refractivity contribution < 1.29 is 9.47 Å². The van der Waals surface area contributed by atoms with Crippen LogP contribution in [0.5, 0.6) is 11.5 Å². The predicted molar refractivity (Wildman–Crippen MR) is 135 cm³/mol. The highest BCUT2D eigenvalue weighted by Crippen LogP contribution is 2.37. The molecule has 1 saturated carbocycles. The molecule has 2 aromatic heterocycles. The first-order chi connectivity index (χ1) is 17.7. The number of fused-ring (bicyclic) bond motifs is 2. The number of tetrazole rings is 1. The van der Waals surface area contributed by atoms with Crippen LogP contribution < -0.4 is 15.0 Å². The van der Waals surface area contributed by atoms with Crippen LogP contribution in [0.3, 0.4) is 0 Å². The minimum Gasteiger partial charge on any atom is -0.454 e. The molecule has 0 spiro atoms. The van der Waals surface area contributed by atoms with E-state index in [1.54, 1.807) is 0 Å². The van der Waals surface area contributed by atoms with Crippen LogP contribution in [0, 0.1) is 0 Å². The normalized spacial score (nSPS) is 16.6. The van der Waals surface area contributed by atoms with Crippen molar-refractivity contribution in [2.45, 2.75) is 57.7 Å². The van der Waals surface area contributed by atoms with E-state index in [4.69, 9.17) is 9.47 Å². The minimum atomic E-state index is -0.411. The number of nitrogens with one attached hydrogen (secondary N) is 1. The second-order valence-corrected chi connectivity index (χ2v) is 9.57. The number of ether oxygens (including phenoxy) is 2. The summed E-state index contributed by atoms with van der Waals surface area (Å²) < 4.78 is 13.1. The lowest BCUT2D eigenvalue weighted by Gasteiger charge is -2.32. The van der Waals surface area contributed by atoms with E-state index in [1.165, 1.54) is 24.8 Å². The molecule has 4 aromatic rings. The highest BCUT2D eigenvalue weighted by molar-refractivity contribution is 5.83. The van der Waals surface area contributed by atoms with Crippen molar-refractivity contribution in [2.75, 3.05) is 13.3 Å². The molecular weight excluding hydrogens is 456 g/mol. The van der Waals surface area contributed by atoms with Crippen LogP contribution in [0.25, 0.3) is 10.9 Å². The van der Waals surface area contributed by atoms with Gasteiger partial charge in [0.15, 0.2) is 17.3 Å². The summed E-state index contributed by atoms with van der Waals surface area (Å²) in [4.78, 5) is 18.9. The molecule has 6 rings (SSSR count). The molecule has 1 aliphatic carbocycles. The number of nitrogens with zero attached hydrogens (tertiary/aromatic N) is 5. The molecule has 0 unspecified atom stereocenters. The number of aromatic nitrogens is 5. The largest absolute Gasteiger partial charge is 0.454 e. The summed E-state index contributed by atoms with van der Waals surface area (Å²) in [5.41, 5.74) is 2.34. The van der Waals surface area contributed by atoms with Crippen LogP contribution in [0.15, 0.2) is 53.3 Å². The van der Waals surface area contributed by atoms with E-state index in [2.05, 4.69) is 44.5 Å². The molecular formula is C27H30N6O3. The highest BCUT2D eigenvalue weighted by atomic mass is 16.7. The number of hydrogen-bond acceptors (Lipinski definition) is 7. The van der Waals surface area contributed by atoms with Crippen molar-refractivity contribution >= 4 is 10.9 Å². The number of hydrogen-bond donors (Lipinski definition) is 1. The topological polar surface area (TPSA) is 98.2 Å². The van der Waals surface area contributed by atoms with Gasteiger partial charge in [-0.3, -0.25) is 9.69 Å². The summed E-state index contributed by atoms with van der Waals surface area (Å²) in [5, 5.41) is 13.9. The molecule has 1 N–H and O–H groups in total. The van der Waals surface area contributed by atoms with Crippen LogP contribution in [0.4, 0.5) is 0 Å². The molecule has 9 heteroatoms. The monoisotopic (exact) mass is 486 g/mol. The molecule has 0 saturated heterocycles. The number of rotatable bonds is 7. The van der Waals surface area contributed by atoms with Gasteiger partial charge in [-0.15, -0.1) is 5.10 Å². The molecule has 2 aromatic carbocycles.